The van der Waals surface area contributed by atoms with Crippen LogP contribution in [-0.4, -0.2) is 53.6 Å². The number of benzene rings is 1. The molecule has 0 bridgehead atoms. The van der Waals surface area contributed by atoms with Crippen molar-refractivity contribution in [3.8, 4) is 11.5 Å². The van der Waals surface area contributed by atoms with E-state index < -0.39 is 12.1 Å². The fraction of sp³-hybridized carbons (Fsp3) is 0.471. The van der Waals surface area contributed by atoms with Gasteiger partial charge >= 0.3 is 5.97 Å². The number of likely N-dealkylation sites (tertiary alicyclic amines) is 1. The molecule has 0 saturated carbocycles. The molecule has 3 atom stereocenters. The van der Waals surface area contributed by atoms with Crippen LogP contribution in [0.4, 0.5) is 0 Å². The normalized spacial score (nSPS) is 29.3. The molecule has 3 unspecified atom stereocenters. The highest BCUT2D eigenvalue weighted by Crippen LogP contribution is 2.45. The van der Waals surface area contributed by atoms with Gasteiger partial charge in [0.25, 0.3) is 0 Å². The molecule has 1 aromatic carbocycles. The summed E-state index contributed by atoms with van der Waals surface area (Å²) in [6.07, 6.45) is 2.82. The van der Waals surface area contributed by atoms with Crippen molar-refractivity contribution in [2.45, 2.75) is 30.9 Å². The molecule has 0 aromatic heterocycles. The molecule has 23 heavy (non-hydrogen) atoms. The summed E-state index contributed by atoms with van der Waals surface area (Å²) >= 11 is 0. The highest BCUT2D eigenvalue weighted by Gasteiger charge is 2.40. The first kappa shape index (κ1) is 14.5. The third kappa shape index (κ3) is 2.29. The second-order valence-electron chi connectivity index (χ2n) is 6.42. The number of hydrogen-bond donors (Lipinski definition) is 2. The number of hydrogen-bond acceptors (Lipinski definition) is 5. The molecule has 1 saturated heterocycles. The van der Waals surface area contributed by atoms with E-state index in [1.54, 1.807) is 12.1 Å². The lowest BCUT2D eigenvalue weighted by Gasteiger charge is -2.35. The fourth-order valence-corrected chi connectivity index (χ4v) is 4.07. The fourth-order valence-electron chi connectivity index (χ4n) is 4.07. The van der Waals surface area contributed by atoms with E-state index in [0.717, 1.165) is 13.0 Å². The van der Waals surface area contributed by atoms with Crippen LogP contribution < -0.4 is 9.47 Å². The Labute approximate surface area is 133 Å². The van der Waals surface area contributed by atoms with Crippen molar-refractivity contribution in [3.05, 3.63) is 34.9 Å². The molecular weight excluding hydrogens is 298 g/mol. The van der Waals surface area contributed by atoms with Gasteiger partial charge in [-0.3, -0.25) is 4.90 Å². The Morgan fingerprint density at radius 3 is 2.78 bits per heavy atom. The van der Waals surface area contributed by atoms with Crippen LogP contribution in [0, 0.1) is 0 Å². The van der Waals surface area contributed by atoms with Crippen LogP contribution >= 0.6 is 0 Å². The Bertz CT molecular complexity index is 698. The Morgan fingerprint density at radius 2 is 2.04 bits per heavy atom. The number of likely N-dealkylation sites (N-methyl/N-ethyl adjacent to an activating group) is 1. The summed E-state index contributed by atoms with van der Waals surface area (Å²) in [6.45, 7) is 1.03. The van der Waals surface area contributed by atoms with E-state index in [2.05, 4.69) is 4.90 Å². The number of carboxylic acid groups (broad SMARTS) is 1. The van der Waals surface area contributed by atoms with Crippen LogP contribution in [-0.2, 0) is 0 Å². The minimum absolute atomic E-state index is 0.0712. The van der Waals surface area contributed by atoms with E-state index in [1.165, 1.54) is 5.57 Å². The first-order valence-electron chi connectivity index (χ1n) is 7.80. The first-order chi connectivity index (χ1) is 11.0. The largest absolute Gasteiger partial charge is 0.478 e. The van der Waals surface area contributed by atoms with Crippen molar-refractivity contribution >= 4 is 5.97 Å². The third-order valence-electron chi connectivity index (χ3n) is 5.07. The number of carbonyl (C=O) groups is 1. The third-order valence-corrected chi connectivity index (χ3v) is 5.07. The smallest absolute Gasteiger partial charge is 0.336 e. The topological polar surface area (TPSA) is 79.2 Å². The number of aliphatic hydroxyl groups is 1. The number of carboxylic acids is 1. The van der Waals surface area contributed by atoms with Gasteiger partial charge in [0, 0.05) is 18.5 Å². The van der Waals surface area contributed by atoms with Crippen molar-refractivity contribution in [1.29, 1.82) is 0 Å². The Hall–Kier alpha value is -2.05. The number of nitrogens with zero attached hydrogens (tertiary/aromatic N) is 1. The summed E-state index contributed by atoms with van der Waals surface area (Å²) < 4.78 is 10.7. The van der Waals surface area contributed by atoms with E-state index in [4.69, 9.17) is 9.47 Å². The second-order valence-corrected chi connectivity index (χ2v) is 6.42. The molecule has 6 heteroatoms. The van der Waals surface area contributed by atoms with Crippen LogP contribution in [0.2, 0.25) is 0 Å². The minimum atomic E-state index is -0.982. The Morgan fingerprint density at radius 1 is 1.30 bits per heavy atom. The molecule has 2 N–H and O–H groups in total. The Kier molecular flexibility index (Phi) is 3.32. The van der Waals surface area contributed by atoms with Gasteiger partial charge in [-0.15, -0.1) is 0 Å². The van der Waals surface area contributed by atoms with Gasteiger partial charge in [-0.25, -0.2) is 4.79 Å². The van der Waals surface area contributed by atoms with E-state index in [-0.39, 0.29) is 24.3 Å². The van der Waals surface area contributed by atoms with Gasteiger partial charge in [0.05, 0.1) is 11.7 Å². The summed E-state index contributed by atoms with van der Waals surface area (Å²) in [6, 6.07) is 3.45. The molecule has 4 rings (SSSR count). The quantitative estimate of drug-likeness (QED) is 0.807. The molecule has 3 aliphatic rings. The Balaban J connectivity index is 1.83. The minimum Gasteiger partial charge on any atom is -0.478 e. The van der Waals surface area contributed by atoms with Crippen molar-refractivity contribution < 1.29 is 24.5 Å². The lowest BCUT2D eigenvalue weighted by atomic mass is 9.77. The lowest BCUT2D eigenvalue weighted by Crippen LogP contribution is -2.37. The van der Waals surface area contributed by atoms with Gasteiger partial charge in [-0.2, -0.15) is 0 Å². The lowest BCUT2D eigenvalue weighted by molar-refractivity contribution is 0.0692. The maximum atomic E-state index is 11.7. The molecule has 1 fully saturated rings. The second kappa shape index (κ2) is 5.25. The molecule has 0 spiro atoms. The van der Waals surface area contributed by atoms with Crippen molar-refractivity contribution in [1.82, 2.24) is 4.90 Å². The average molecular weight is 317 g/mol. The van der Waals surface area contributed by atoms with Crippen molar-refractivity contribution in [2.24, 2.45) is 0 Å². The van der Waals surface area contributed by atoms with Crippen LogP contribution in [0.5, 0.6) is 11.5 Å². The predicted octanol–water partition coefficient (Wildman–Crippen LogP) is 1.59. The summed E-state index contributed by atoms with van der Waals surface area (Å²) in [4.78, 5) is 14.0. The molecule has 1 aliphatic carbocycles. The molecule has 0 amide bonds. The van der Waals surface area contributed by atoms with Crippen LogP contribution in [0.25, 0.3) is 0 Å². The molecule has 2 heterocycles. The monoisotopic (exact) mass is 317 g/mol. The van der Waals surface area contributed by atoms with E-state index in [0.29, 0.717) is 23.5 Å². The van der Waals surface area contributed by atoms with Crippen LogP contribution in [0.3, 0.4) is 0 Å². The molecule has 1 aromatic rings. The highest BCUT2D eigenvalue weighted by atomic mass is 16.7. The van der Waals surface area contributed by atoms with E-state index in [9.17, 15) is 15.0 Å². The molecule has 122 valence electrons. The first-order valence-corrected chi connectivity index (χ1v) is 7.80. The SMILES string of the molecule is CN1CCC2=CC(O)CC(c3cc4c(cc3C(=O)O)OCO4)C21. The van der Waals surface area contributed by atoms with E-state index >= 15 is 0 Å². The van der Waals surface area contributed by atoms with Gasteiger partial charge < -0.3 is 19.7 Å². The zero-order chi connectivity index (χ0) is 16.1. The van der Waals surface area contributed by atoms with Crippen molar-refractivity contribution in [2.75, 3.05) is 20.4 Å². The highest BCUT2D eigenvalue weighted by molar-refractivity contribution is 5.91. The summed E-state index contributed by atoms with van der Waals surface area (Å²) in [7, 11) is 2.05. The summed E-state index contributed by atoms with van der Waals surface area (Å²) in [5.74, 6) is -0.00284. The van der Waals surface area contributed by atoms with Crippen LogP contribution in [0.15, 0.2) is 23.8 Å². The van der Waals surface area contributed by atoms with Crippen LogP contribution in [0.1, 0.15) is 34.7 Å². The molecule has 2 aliphatic heterocycles. The van der Waals surface area contributed by atoms with Gasteiger partial charge in [-0.1, -0.05) is 11.6 Å². The van der Waals surface area contributed by atoms with Gasteiger partial charge in [0.1, 0.15) is 0 Å². The number of ether oxygens (including phenoxy) is 2. The number of fused-ring (bicyclic) bond motifs is 2. The average Bonchev–Trinajstić information content (AvgIpc) is 3.11. The number of aliphatic hydroxyl groups excluding tert-OH is 1. The zero-order valence-electron chi connectivity index (χ0n) is 12.9. The van der Waals surface area contributed by atoms with Crippen molar-refractivity contribution in [3.63, 3.8) is 0 Å². The standard InChI is InChI=1S/C17H19NO5/c1-18-3-2-9-4-10(19)5-12(16(9)18)11-6-14-15(23-8-22-14)7-13(11)17(20)21/h4,6-7,10,12,16,19H,2-3,5,8H2,1H3,(H,20,21). The number of aromatic carboxylic acids is 1. The molecule has 6 nitrogen and oxygen atoms in total. The maximum Gasteiger partial charge on any atom is 0.336 e. The van der Waals surface area contributed by atoms with Gasteiger partial charge in [0.15, 0.2) is 11.5 Å². The van der Waals surface area contributed by atoms with E-state index in [1.807, 2.05) is 13.1 Å². The molecular formula is C17H19NO5. The summed E-state index contributed by atoms with van der Waals surface area (Å²) in [5.41, 5.74) is 2.14. The number of rotatable bonds is 2. The van der Waals surface area contributed by atoms with Gasteiger partial charge in [-0.05, 0) is 37.6 Å². The molecule has 0 radical (unpaired) electrons. The van der Waals surface area contributed by atoms with Gasteiger partial charge in [0.2, 0.25) is 6.79 Å². The predicted molar refractivity (Wildman–Crippen MR) is 82.0 cm³/mol. The maximum absolute atomic E-state index is 11.7. The summed E-state index contributed by atoms with van der Waals surface area (Å²) in [5, 5.41) is 19.8. The zero-order valence-corrected chi connectivity index (χ0v) is 12.9.